The average molecular weight is 385 g/mol. The van der Waals surface area contributed by atoms with Crippen molar-refractivity contribution < 1.29 is 9.53 Å². The van der Waals surface area contributed by atoms with E-state index < -0.39 is 0 Å². The van der Waals surface area contributed by atoms with Gasteiger partial charge in [-0.2, -0.15) is 0 Å². The lowest BCUT2D eigenvalue weighted by molar-refractivity contribution is -0.137. The number of benzene rings is 1. The Bertz CT molecular complexity index is 631. The summed E-state index contributed by atoms with van der Waals surface area (Å²) < 4.78 is 5.31. The summed E-state index contributed by atoms with van der Waals surface area (Å²) in [7, 11) is 1.73. The van der Waals surface area contributed by atoms with E-state index in [1.807, 2.05) is 0 Å². The smallest absolute Gasteiger partial charge is 0.225 e. The van der Waals surface area contributed by atoms with Crippen molar-refractivity contribution in [3.63, 3.8) is 0 Å². The highest BCUT2D eigenvalue weighted by Crippen LogP contribution is 2.30. The molecule has 1 unspecified atom stereocenters. The lowest BCUT2D eigenvalue weighted by Crippen LogP contribution is -2.48. The molecule has 1 aromatic carbocycles. The fourth-order valence-electron chi connectivity index (χ4n) is 5.61. The van der Waals surface area contributed by atoms with Gasteiger partial charge in [-0.1, -0.05) is 37.1 Å². The summed E-state index contributed by atoms with van der Waals surface area (Å²) >= 11 is 0. The normalized spacial score (nSPS) is 23.8. The van der Waals surface area contributed by atoms with Crippen molar-refractivity contribution in [3.8, 4) is 0 Å². The van der Waals surface area contributed by atoms with Crippen molar-refractivity contribution in [2.24, 2.45) is 11.8 Å². The van der Waals surface area contributed by atoms with Crippen LogP contribution in [0.25, 0.3) is 0 Å². The van der Waals surface area contributed by atoms with Gasteiger partial charge in [0.15, 0.2) is 0 Å². The van der Waals surface area contributed by atoms with Crippen LogP contribution in [0.2, 0.25) is 0 Å². The summed E-state index contributed by atoms with van der Waals surface area (Å²) in [5.41, 5.74) is 3.07. The zero-order valence-electron chi connectivity index (χ0n) is 17.4. The van der Waals surface area contributed by atoms with E-state index in [0.29, 0.717) is 24.5 Å². The third-order valence-corrected chi connectivity index (χ3v) is 7.16. The van der Waals surface area contributed by atoms with E-state index in [9.17, 15) is 4.79 Å². The highest BCUT2D eigenvalue weighted by Gasteiger charge is 2.33. The zero-order valence-corrected chi connectivity index (χ0v) is 17.4. The first-order valence-corrected chi connectivity index (χ1v) is 11.3. The van der Waals surface area contributed by atoms with E-state index >= 15 is 0 Å². The number of piperidine rings is 1. The number of hydrogen-bond acceptors (Lipinski definition) is 3. The monoisotopic (exact) mass is 384 g/mol. The summed E-state index contributed by atoms with van der Waals surface area (Å²) in [5.74, 6) is 1.25. The van der Waals surface area contributed by atoms with Crippen LogP contribution in [-0.4, -0.2) is 61.6 Å². The summed E-state index contributed by atoms with van der Waals surface area (Å²) in [6.07, 6.45) is 9.49. The van der Waals surface area contributed by atoms with Gasteiger partial charge in [0, 0.05) is 38.7 Å². The number of hydrogen-bond donors (Lipinski definition) is 0. The Hall–Kier alpha value is -1.39. The van der Waals surface area contributed by atoms with Crippen molar-refractivity contribution in [1.82, 2.24) is 9.80 Å². The van der Waals surface area contributed by atoms with Crippen molar-refractivity contribution in [2.75, 3.05) is 39.9 Å². The maximum absolute atomic E-state index is 13.1. The van der Waals surface area contributed by atoms with Crippen molar-refractivity contribution in [3.05, 3.63) is 35.4 Å². The van der Waals surface area contributed by atoms with Gasteiger partial charge in [0.05, 0.1) is 6.61 Å². The molecule has 2 fully saturated rings. The summed E-state index contributed by atoms with van der Waals surface area (Å²) in [5, 5.41) is 0. The fourth-order valence-corrected chi connectivity index (χ4v) is 5.61. The minimum absolute atomic E-state index is 0.265. The molecule has 3 aliphatic rings. The Kier molecular flexibility index (Phi) is 6.69. The van der Waals surface area contributed by atoms with Crippen LogP contribution in [0.15, 0.2) is 24.3 Å². The van der Waals surface area contributed by atoms with Gasteiger partial charge in [0.2, 0.25) is 5.91 Å². The highest BCUT2D eigenvalue weighted by atomic mass is 16.5. The van der Waals surface area contributed by atoms with Gasteiger partial charge in [-0.3, -0.25) is 9.69 Å². The molecule has 1 aromatic rings. The average Bonchev–Trinajstić information content (AvgIpc) is 3.40. The number of methoxy groups -OCH3 is 1. The fraction of sp³-hybridized carbons (Fsp3) is 0.708. The first kappa shape index (κ1) is 19.9. The molecule has 4 heteroatoms. The third-order valence-electron chi connectivity index (χ3n) is 7.16. The number of carbonyl (C=O) groups excluding carboxylic acids is 1. The topological polar surface area (TPSA) is 32.8 Å². The number of amides is 1. The molecule has 0 N–H and O–H groups in total. The predicted molar refractivity (Wildman–Crippen MR) is 112 cm³/mol. The van der Waals surface area contributed by atoms with E-state index in [1.165, 1.54) is 56.2 Å². The minimum atomic E-state index is 0.265. The van der Waals surface area contributed by atoms with E-state index in [1.54, 1.807) is 7.11 Å². The lowest BCUT2D eigenvalue weighted by atomic mass is 9.94. The van der Waals surface area contributed by atoms with Gasteiger partial charge < -0.3 is 9.64 Å². The van der Waals surface area contributed by atoms with Crippen LogP contribution in [0, 0.1) is 11.8 Å². The molecular weight excluding hydrogens is 348 g/mol. The van der Waals surface area contributed by atoms with Gasteiger partial charge >= 0.3 is 0 Å². The lowest BCUT2D eigenvalue weighted by Gasteiger charge is -2.39. The van der Waals surface area contributed by atoms with Gasteiger partial charge in [-0.05, 0) is 62.1 Å². The van der Waals surface area contributed by atoms with E-state index in [2.05, 4.69) is 34.1 Å². The molecule has 28 heavy (non-hydrogen) atoms. The Morgan fingerprint density at radius 2 is 1.82 bits per heavy atom. The number of fused-ring (bicyclic) bond motifs is 1. The van der Waals surface area contributed by atoms with Gasteiger partial charge in [-0.25, -0.2) is 0 Å². The molecule has 154 valence electrons. The second-order valence-electron chi connectivity index (χ2n) is 9.09. The minimum Gasteiger partial charge on any atom is -0.383 e. The number of ether oxygens (including phenoxy) is 1. The Morgan fingerprint density at radius 3 is 2.50 bits per heavy atom. The maximum Gasteiger partial charge on any atom is 0.225 e. The number of likely N-dealkylation sites (tertiary alicyclic amines) is 1. The first-order chi connectivity index (χ1) is 13.7. The second kappa shape index (κ2) is 9.41. The van der Waals surface area contributed by atoms with Crippen molar-refractivity contribution >= 4 is 5.91 Å². The zero-order chi connectivity index (χ0) is 19.3. The number of nitrogens with zero attached hydrogens (tertiary/aromatic N) is 2. The summed E-state index contributed by atoms with van der Waals surface area (Å²) in [6, 6.07) is 9.58. The quantitative estimate of drug-likeness (QED) is 0.721. The number of carbonyl (C=O) groups is 1. The molecule has 1 atom stereocenters. The molecule has 1 heterocycles. The molecule has 2 aliphatic carbocycles. The van der Waals surface area contributed by atoms with Crippen molar-refractivity contribution in [2.45, 2.75) is 57.4 Å². The Labute approximate surface area is 170 Å². The molecule has 4 rings (SSSR count). The molecule has 0 bridgehead atoms. The molecule has 4 nitrogen and oxygen atoms in total. The molecule has 1 saturated carbocycles. The van der Waals surface area contributed by atoms with Crippen LogP contribution in [0.1, 0.15) is 49.7 Å². The highest BCUT2D eigenvalue weighted by molar-refractivity contribution is 5.79. The Balaban J connectivity index is 1.35. The number of rotatable bonds is 7. The molecule has 1 aliphatic heterocycles. The van der Waals surface area contributed by atoms with Crippen LogP contribution >= 0.6 is 0 Å². The molecular formula is C24H36N2O2. The maximum atomic E-state index is 13.1. The van der Waals surface area contributed by atoms with Crippen molar-refractivity contribution in [1.29, 1.82) is 0 Å². The van der Waals surface area contributed by atoms with E-state index in [0.717, 1.165) is 32.5 Å². The standard InChI is InChI=1S/C24H36N2O2/c1-28-14-13-26(24(27)20-8-2-3-9-20)18-19-7-6-12-25(17-19)23-15-21-10-4-5-11-22(21)16-23/h4-5,10-11,19-20,23H,2-3,6-9,12-18H2,1H3. The Morgan fingerprint density at radius 1 is 1.11 bits per heavy atom. The predicted octanol–water partition coefficient (Wildman–Crippen LogP) is 3.53. The van der Waals surface area contributed by atoms with Crippen LogP contribution in [0.4, 0.5) is 0 Å². The van der Waals surface area contributed by atoms with Gasteiger partial charge in [0.1, 0.15) is 0 Å². The van der Waals surface area contributed by atoms with Crippen LogP contribution in [-0.2, 0) is 22.4 Å². The van der Waals surface area contributed by atoms with Gasteiger partial charge in [0.25, 0.3) is 0 Å². The van der Waals surface area contributed by atoms with Crippen LogP contribution in [0.5, 0.6) is 0 Å². The molecule has 0 aromatic heterocycles. The third kappa shape index (κ3) is 4.60. The first-order valence-electron chi connectivity index (χ1n) is 11.3. The SMILES string of the molecule is COCCN(CC1CCCN(C2Cc3ccccc3C2)C1)C(=O)C1CCCC1. The van der Waals surface area contributed by atoms with Crippen LogP contribution in [0.3, 0.4) is 0 Å². The summed E-state index contributed by atoms with van der Waals surface area (Å²) in [4.78, 5) is 17.9. The molecule has 0 radical (unpaired) electrons. The van der Waals surface area contributed by atoms with Crippen LogP contribution < -0.4 is 0 Å². The second-order valence-corrected chi connectivity index (χ2v) is 9.09. The van der Waals surface area contributed by atoms with E-state index in [-0.39, 0.29) is 5.92 Å². The summed E-state index contributed by atoms with van der Waals surface area (Å²) in [6.45, 7) is 4.66. The molecule has 0 spiro atoms. The molecule has 1 saturated heterocycles. The van der Waals surface area contributed by atoms with Gasteiger partial charge in [-0.15, -0.1) is 0 Å². The molecule has 1 amide bonds. The largest absolute Gasteiger partial charge is 0.383 e. The van der Waals surface area contributed by atoms with E-state index in [4.69, 9.17) is 4.74 Å².